The van der Waals surface area contributed by atoms with Gasteiger partial charge in [0, 0.05) is 0 Å². The number of aliphatic hydroxyl groups is 1. The van der Waals surface area contributed by atoms with Gasteiger partial charge in [0.1, 0.15) is 12.1 Å². The lowest BCUT2D eigenvalue weighted by Gasteiger charge is -2.16. The molecule has 0 unspecified atom stereocenters. The molecule has 2 atom stereocenters. The summed E-state index contributed by atoms with van der Waals surface area (Å²) in [5, 5.41) is 9.76. The minimum atomic E-state index is -1.04. The van der Waals surface area contributed by atoms with E-state index in [9.17, 15) is 9.90 Å². The summed E-state index contributed by atoms with van der Waals surface area (Å²) in [5.74, 6) is -0.622. The Morgan fingerprint density at radius 1 is 1.33 bits per heavy atom. The summed E-state index contributed by atoms with van der Waals surface area (Å²) in [7, 11) is 1.24. The molecule has 0 saturated carbocycles. The average molecular weight is 273 g/mol. The minimum Gasteiger partial charge on any atom is -0.468 e. The molecule has 7 heteroatoms. The van der Waals surface area contributed by atoms with Crippen LogP contribution in [0.4, 0.5) is 0 Å². The van der Waals surface area contributed by atoms with Gasteiger partial charge in [-0.3, -0.25) is 4.79 Å². The van der Waals surface area contributed by atoms with Crippen LogP contribution in [0.1, 0.15) is 17.2 Å². The highest BCUT2D eigenvalue weighted by Crippen LogP contribution is 2.16. The number of rotatable bonds is 3. The Kier molecular flexibility index (Phi) is 7.77. The molecule has 0 bridgehead atoms. The Morgan fingerprint density at radius 3 is 2.17 bits per heavy atom. The van der Waals surface area contributed by atoms with Gasteiger partial charge in [-0.2, -0.15) is 8.42 Å². The van der Waals surface area contributed by atoms with Gasteiger partial charge in [-0.25, -0.2) is 0 Å². The van der Waals surface area contributed by atoms with Crippen molar-refractivity contribution in [1.29, 1.82) is 0 Å². The van der Waals surface area contributed by atoms with Crippen molar-refractivity contribution in [1.82, 2.24) is 0 Å². The molecule has 0 radical (unpaired) electrons. The molecule has 0 aromatic heterocycles. The monoisotopic (exact) mass is 273 g/mol. The Balaban J connectivity index is 0.000000873. The molecule has 18 heavy (non-hydrogen) atoms. The molecule has 0 saturated heterocycles. The molecular weight excluding hydrogens is 258 g/mol. The van der Waals surface area contributed by atoms with Gasteiger partial charge in [0.2, 0.25) is 0 Å². The molecule has 1 rings (SSSR count). The lowest BCUT2D eigenvalue weighted by atomic mass is 10.0. The van der Waals surface area contributed by atoms with E-state index in [4.69, 9.17) is 14.2 Å². The standard InChI is InChI=1S/C11H15NO3.O2S/c1-7-3-5-8(6-4-7)10(13)9(12)11(14)15-2;1-3-2/h3-6,9-10,13H,12H2,1-2H3;/t9-,10+;/m0./s1. The van der Waals surface area contributed by atoms with Gasteiger partial charge in [0.05, 0.1) is 7.11 Å². The van der Waals surface area contributed by atoms with Crippen LogP contribution in [0.15, 0.2) is 24.3 Å². The second kappa shape index (κ2) is 8.51. The number of esters is 1. The minimum absolute atomic E-state index is 0.610. The van der Waals surface area contributed by atoms with E-state index in [2.05, 4.69) is 4.74 Å². The molecule has 0 amide bonds. The van der Waals surface area contributed by atoms with Crippen LogP contribution in [-0.4, -0.2) is 32.6 Å². The predicted octanol–water partition coefficient (Wildman–Crippen LogP) is -0.141. The summed E-state index contributed by atoms with van der Waals surface area (Å²) >= 11 is -0.750. The maximum atomic E-state index is 11.1. The van der Waals surface area contributed by atoms with Gasteiger partial charge in [-0.05, 0) is 12.5 Å². The molecule has 0 heterocycles. The molecule has 0 spiro atoms. The zero-order valence-corrected chi connectivity index (χ0v) is 10.8. The normalized spacial score (nSPS) is 12.7. The highest BCUT2D eigenvalue weighted by atomic mass is 32.1. The second-order valence-corrected chi connectivity index (χ2v) is 3.61. The summed E-state index contributed by atoms with van der Waals surface area (Å²) in [6.07, 6.45) is -1.03. The number of aryl methyl sites for hydroxylation is 1. The zero-order valence-electron chi connectivity index (χ0n) is 10.0. The van der Waals surface area contributed by atoms with Crippen LogP contribution in [0, 0.1) is 6.92 Å². The fourth-order valence-corrected chi connectivity index (χ4v) is 1.24. The second-order valence-electron chi connectivity index (χ2n) is 3.47. The van der Waals surface area contributed by atoms with E-state index in [0.29, 0.717) is 5.56 Å². The molecule has 0 aliphatic heterocycles. The van der Waals surface area contributed by atoms with Crippen LogP contribution in [0.25, 0.3) is 0 Å². The molecule has 1 aromatic rings. The topological polar surface area (TPSA) is 107 Å². The maximum Gasteiger partial charge on any atom is 0.335 e. The number of carbonyl (C=O) groups excluding carboxylic acids is 1. The smallest absolute Gasteiger partial charge is 0.335 e. The quantitative estimate of drug-likeness (QED) is 0.742. The number of carbonyl (C=O) groups is 1. The highest BCUT2D eigenvalue weighted by Gasteiger charge is 2.24. The van der Waals surface area contributed by atoms with Crippen molar-refractivity contribution < 1.29 is 23.1 Å². The largest absolute Gasteiger partial charge is 0.468 e. The first-order valence-corrected chi connectivity index (χ1v) is 5.64. The van der Waals surface area contributed by atoms with Crippen molar-refractivity contribution in [2.75, 3.05) is 7.11 Å². The van der Waals surface area contributed by atoms with Crippen molar-refractivity contribution >= 4 is 17.5 Å². The van der Waals surface area contributed by atoms with Crippen LogP contribution in [-0.2, 0) is 21.1 Å². The van der Waals surface area contributed by atoms with Crippen molar-refractivity contribution in [2.45, 2.75) is 19.1 Å². The Bertz CT molecular complexity index is 414. The lowest BCUT2D eigenvalue weighted by molar-refractivity contribution is -0.145. The van der Waals surface area contributed by atoms with E-state index < -0.39 is 29.7 Å². The molecule has 0 fully saturated rings. The molecule has 100 valence electrons. The van der Waals surface area contributed by atoms with E-state index >= 15 is 0 Å². The summed E-state index contributed by atoms with van der Waals surface area (Å²) in [6.45, 7) is 1.94. The molecular formula is C11H15NO5S. The molecule has 0 aliphatic carbocycles. The number of benzene rings is 1. The third-order valence-corrected chi connectivity index (χ3v) is 2.23. The van der Waals surface area contributed by atoms with Crippen molar-refractivity contribution in [2.24, 2.45) is 5.73 Å². The Labute approximate surface area is 108 Å². The zero-order chi connectivity index (χ0) is 14.1. The Morgan fingerprint density at radius 2 is 1.78 bits per heavy atom. The molecule has 6 nitrogen and oxygen atoms in total. The number of methoxy groups -OCH3 is 1. The van der Waals surface area contributed by atoms with Gasteiger partial charge in [-0.15, -0.1) is 0 Å². The molecule has 3 N–H and O–H groups in total. The van der Waals surface area contributed by atoms with Crippen molar-refractivity contribution in [3.8, 4) is 0 Å². The number of nitrogens with two attached hydrogens (primary N) is 1. The van der Waals surface area contributed by atoms with Crippen molar-refractivity contribution in [3.63, 3.8) is 0 Å². The van der Waals surface area contributed by atoms with Crippen LogP contribution in [0.2, 0.25) is 0 Å². The van der Waals surface area contributed by atoms with E-state index in [0.717, 1.165) is 5.56 Å². The van der Waals surface area contributed by atoms with Crippen molar-refractivity contribution in [3.05, 3.63) is 35.4 Å². The number of hydrogen-bond donors (Lipinski definition) is 2. The molecule has 0 aliphatic rings. The molecule has 1 aromatic carbocycles. The van der Waals surface area contributed by atoms with Gasteiger partial charge in [-0.1, -0.05) is 29.8 Å². The fraction of sp³-hybridized carbons (Fsp3) is 0.364. The Hall–Kier alpha value is -1.57. The lowest BCUT2D eigenvalue weighted by Crippen LogP contribution is -2.37. The van der Waals surface area contributed by atoms with Gasteiger partial charge in [0.15, 0.2) is 0 Å². The average Bonchev–Trinajstić information content (AvgIpc) is 2.38. The maximum absolute atomic E-state index is 11.1. The highest BCUT2D eigenvalue weighted by molar-refractivity contribution is 7.51. The number of aliphatic hydroxyl groups excluding tert-OH is 1. The van der Waals surface area contributed by atoms with Gasteiger partial charge in [0.25, 0.3) is 0 Å². The third kappa shape index (κ3) is 5.17. The van der Waals surface area contributed by atoms with E-state index in [-0.39, 0.29) is 0 Å². The van der Waals surface area contributed by atoms with Crippen LogP contribution < -0.4 is 5.73 Å². The van der Waals surface area contributed by atoms with E-state index in [1.165, 1.54) is 7.11 Å². The summed E-state index contributed by atoms with van der Waals surface area (Å²) in [4.78, 5) is 11.1. The van der Waals surface area contributed by atoms with Crippen LogP contribution in [0.3, 0.4) is 0 Å². The first-order valence-electron chi connectivity index (χ1n) is 4.97. The SMILES string of the molecule is COC(=O)[C@@H](N)[C@H](O)c1ccc(C)cc1.O=S=O. The van der Waals surface area contributed by atoms with Crippen LogP contribution in [0.5, 0.6) is 0 Å². The number of hydrogen-bond acceptors (Lipinski definition) is 6. The van der Waals surface area contributed by atoms with E-state index in [1.807, 2.05) is 19.1 Å². The van der Waals surface area contributed by atoms with E-state index in [1.54, 1.807) is 12.1 Å². The first kappa shape index (κ1) is 16.4. The third-order valence-electron chi connectivity index (χ3n) is 2.23. The van der Waals surface area contributed by atoms with Gasteiger partial charge < -0.3 is 15.6 Å². The predicted molar refractivity (Wildman–Crippen MR) is 65.1 cm³/mol. The summed E-state index contributed by atoms with van der Waals surface area (Å²) in [5.41, 5.74) is 7.21. The van der Waals surface area contributed by atoms with Gasteiger partial charge >= 0.3 is 17.5 Å². The first-order chi connectivity index (χ1) is 8.47. The number of ether oxygens (including phenoxy) is 1. The fourth-order valence-electron chi connectivity index (χ4n) is 1.24. The van der Waals surface area contributed by atoms with Crippen LogP contribution >= 0.6 is 0 Å². The summed E-state index contributed by atoms with van der Waals surface area (Å²) < 4.78 is 21.0. The summed E-state index contributed by atoms with van der Waals surface area (Å²) in [6, 6.07) is 6.13.